The van der Waals surface area contributed by atoms with E-state index in [9.17, 15) is 0 Å². The summed E-state index contributed by atoms with van der Waals surface area (Å²) in [5.74, 6) is 0.871. The van der Waals surface area contributed by atoms with Gasteiger partial charge in [0, 0.05) is 9.50 Å². The molecule has 2 rings (SSSR count). The van der Waals surface area contributed by atoms with Gasteiger partial charge in [0.1, 0.15) is 5.75 Å². The molecule has 2 aromatic rings. The van der Waals surface area contributed by atoms with Gasteiger partial charge in [0.2, 0.25) is 0 Å². The molecule has 5 heteroatoms. The van der Waals surface area contributed by atoms with Crippen molar-refractivity contribution >= 4 is 59.4 Å². The smallest absolute Gasteiger partial charge is 0.133 e. The van der Waals surface area contributed by atoms with E-state index in [4.69, 9.17) is 16.3 Å². The average Bonchev–Trinajstić information content (AvgIpc) is 2.45. The normalized spacial score (nSPS) is 12.2. The van der Waals surface area contributed by atoms with Gasteiger partial charge < -0.3 is 4.74 Å². The zero-order chi connectivity index (χ0) is 15.4. The number of benzene rings is 2. The minimum absolute atomic E-state index is 0.0840. The molecule has 1 atom stereocenters. The molecule has 0 aliphatic rings. The summed E-state index contributed by atoms with van der Waals surface area (Å²) >= 11 is 16.9. The largest absolute Gasteiger partial charge is 0.492 e. The summed E-state index contributed by atoms with van der Waals surface area (Å²) in [6, 6.07) is 11.9. The Kier molecular flexibility index (Phi) is 6.60. The molecule has 0 saturated heterocycles. The van der Waals surface area contributed by atoms with Gasteiger partial charge in [-0.05, 0) is 57.7 Å². The lowest BCUT2D eigenvalue weighted by Crippen LogP contribution is -1.98. The monoisotopic (exact) mass is 494 g/mol. The van der Waals surface area contributed by atoms with Crippen molar-refractivity contribution in [3.05, 3.63) is 61.5 Å². The van der Waals surface area contributed by atoms with Gasteiger partial charge in [-0.15, -0.1) is 0 Å². The van der Waals surface area contributed by atoms with Crippen molar-refractivity contribution < 1.29 is 4.74 Å². The van der Waals surface area contributed by atoms with Gasteiger partial charge in [0.05, 0.1) is 15.9 Å². The van der Waals surface area contributed by atoms with E-state index in [1.807, 2.05) is 24.3 Å². The highest BCUT2D eigenvalue weighted by molar-refractivity contribution is 9.11. The maximum atomic E-state index is 5.99. The third-order valence-corrected chi connectivity index (χ3v) is 5.51. The number of halogens is 4. The first-order chi connectivity index (χ1) is 10.0. The molecule has 0 amide bonds. The molecule has 0 bridgehead atoms. The molecule has 21 heavy (non-hydrogen) atoms. The minimum Gasteiger partial charge on any atom is -0.492 e. The molecule has 0 radical (unpaired) electrons. The van der Waals surface area contributed by atoms with E-state index in [1.165, 1.54) is 0 Å². The van der Waals surface area contributed by atoms with Crippen LogP contribution in [-0.4, -0.2) is 6.61 Å². The molecule has 0 saturated carbocycles. The van der Waals surface area contributed by atoms with Crippen LogP contribution in [0.1, 0.15) is 29.3 Å². The van der Waals surface area contributed by atoms with Crippen LogP contribution in [0, 0.1) is 0 Å². The summed E-state index contributed by atoms with van der Waals surface area (Å²) in [6.45, 7) is 2.81. The highest BCUT2D eigenvalue weighted by Gasteiger charge is 2.15. The first-order valence-corrected chi connectivity index (χ1v) is 9.42. The van der Waals surface area contributed by atoms with Crippen molar-refractivity contribution in [1.82, 2.24) is 0 Å². The van der Waals surface area contributed by atoms with Crippen LogP contribution in [0.25, 0.3) is 0 Å². The highest BCUT2D eigenvalue weighted by atomic mass is 79.9. The first kappa shape index (κ1) is 17.3. The second-order valence-electron chi connectivity index (χ2n) is 4.57. The Morgan fingerprint density at radius 3 is 2.48 bits per heavy atom. The van der Waals surface area contributed by atoms with Crippen molar-refractivity contribution in [2.24, 2.45) is 0 Å². The lowest BCUT2D eigenvalue weighted by Gasteiger charge is -2.15. The Labute approximate surface area is 155 Å². The fourth-order valence-corrected chi connectivity index (χ4v) is 4.30. The Balaban J connectivity index is 2.27. The second kappa shape index (κ2) is 8.00. The van der Waals surface area contributed by atoms with Crippen LogP contribution < -0.4 is 4.74 Å². The molecule has 1 unspecified atom stereocenters. The second-order valence-corrected chi connectivity index (χ2v) is 7.63. The van der Waals surface area contributed by atoms with Gasteiger partial charge in [-0.3, -0.25) is 0 Å². The van der Waals surface area contributed by atoms with Gasteiger partial charge >= 0.3 is 0 Å². The lowest BCUT2D eigenvalue weighted by molar-refractivity contribution is 0.315. The molecule has 1 nitrogen and oxygen atoms in total. The SMILES string of the molecule is CCCOc1ccc(C(Br)c2ccc(Cl)cc2Br)cc1Br. The summed E-state index contributed by atoms with van der Waals surface area (Å²) in [7, 11) is 0. The van der Waals surface area contributed by atoms with E-state index in [2.05, 4.69) is 66.8 Å². The molecule has 0 aliphatic carbocycles. The molecule has 0 heterocycles. The molecule has 0 aliphatic heterocycles. The maximum absolute atomic E-state index is 5.99. The van der Waals surface area contributed by atoms with Crippen LogP contribution in [0.4, 0.5) is 0 Å². The van der Waals surface area contributed by atoms with Crippen molar-refractivity contribution in [3.63, 3.8) is 0 Å². The minimum atomic E-state index is 0.0840. The van der Waals surface area contributed by atoms with E-state index in [1.54, 1.807) is 0 Å². The number of alkyl halides is 1. The topological polar surface area (TPSA) is 9.23 Å². The fraction of sp³-hybridized carbons (Fsp3) is 0.250. The molecule has 112 valence electrons. The van der Waals surface area contributed by atoms with E-state index in [0.29, 0.717) is 0 Å². The van der Waals surface area contributed by atoms with Crippen molar-refractivity contribution in [3.8, 4) is 5.75 Å². The average molecular weight is 497 g/mol. The summed E-state index contributed by atoms with van der Waals surface area (Å²) in [5, 5.41) is 0.717. The molecule has 0 fully saturated rings. The van der Waals surface area contributed by atoms with Gasteiger partial charge in [0.15, 0.2) is 0 Å². The van der Waals surface area contributed by atoms with E-state index < -0.39 is 0 Å². The third kappa shape index (κ3) is 4.47. The van der Waals surface area contributed by atoms with Crippen LogP contribution in [0.15, 0.2) is 45.3 Å². The molecular weight excluding hydrogens is 483 g/mol. The lowest BCUT2D eigenvalue weighted by atomic mass is 10.0. The Hall–Kier alpha value is -0.0300. The molecule has 0 spiro atoms. The van der Waals surface area contributed by atoms with Crippen molar-refractivity contribution in [2.45, 2.75) is 18.2 Å². The number of rotatable bonds is 5. The molecule has 2 aromatic carbocycles. The van der Waals surface area contributed by atoms with Gasteiger partial charge in [0.25, 0.3) is 0 Å². The predicted octanol–water partition coefficient (Wildman–Crippen LogP) is 7.14. The van der Waals surface area contributed by atoms with E-state index in [-0.39, 0.29) is 4.83 Å². The van der Waals surface area contributed by atoms with Crippen LogP contribution in [0.5, 0.6) is 5.75 Å². The third-order valence-electron chi connectivity index (χ3n) is 2.95. The van der Waals surface area contributed by atoms with Gasteiger partial charge in [-0.1, -0.05) is 62.5 Å². The first-order valence-electron chi connectivity index (χ1n) is 6.54. The van der Waals surface area contributed by atoms with Gasteiger partial charge in [-0.25, -0.2) is 0 Å². The Morgan fingerprint density at radius 2 is 1.86 bits per heavy atom. The standard InChI is InChI=1S/C16H14Br3ClO/c1-2-7-21-15-6-3-10(8-14(15)18)16(19)12-5-4-11(20)9-13(12)17/h3-6,8-9,16H,2,7H2,1H3. The fourth-order valence-electron chi connectivity index (χ4n) is 1.89. The Bertz CT molecular complexity index is 631. The summed E-state index contributed by atoms with van der Waals surface area (Å²) in [4.78, 5) is 0.0840. The van der Waals surface area contributed by atoms with E-state index >= 15 is 0 Å². The summed E-state index contributed by atoms with van der Waals surface area (Å²) < 4.78 is 7.62. The maximum Gasteiger partial charge on any atom is 0.133 e. The van der Waals surface area contributed by atoms with Gasteiger partial charge in [-0.2, -0.15) is 0 Å². The van der Waals surface area contributed by atoms with E-state index in [0.717, 1.165) is 43.9 Å². The number of hydrogen-bond acceptors (Lipinski definition) is 1. The molecule has 0 aromatic heterocycles. The molecular formula is C16H14Br3ClO. The molecule has 0 N–H and O–H groups in total. The van der Waals surface area contributed by atoms with Crippen molar-refractivity contribution in [2.75, 3.05) is 6.61 Å². The highest BCUT2D eigenvalue weighted by Crippen LogP contribution is 2.39. The Morgan fingerprint density at radius 1 is 1.10 bits per heavy atom. The zero-order valence-corrected chi connectivity index (χ0v) is 16.9. The van der Waals surface area contributed by atoms with Crippen LogP contribution >= 0.6 is 59.4 Å². The number of ether oxygens (including phenoxy) is 1. The van der Waals surface area contributed by atoms with Crippen LogP contribution in [0.3, 0.4) is 0 Å². The quantitative estimate of drug-likeness (QED) is 0.399. The predicted molar refractivity (Wildman–Crippen MR) is 99.9 cm³/mol. The summed E-state index contributed by atoms with van der Waals surface area (Å²) in [5.41, 5.74) is 2.28. The van der Waals surface area contributed by atoms with Crippen molar-refractivity contribution in [1.29, 1.82) is 0 Å². The van der Waals surface area contributed by atoms with Crippen LogP contribution in [0.2, 0.25) is 5.02 Å². The van der Waals surface area contributed by atoms with Crippen LogP contribution in [-0.2, 0) is 0 Å². The number of hydrogen-bond donors (Lipinski definition) is 0. The zero-order valence-electron chi connectivity index (χ0n) is 11.4. The summed E-state index contributed by atoms with van der Waals surface area (Å²) in [6.07, 6.45) is 0.993.